The van der Waals surface area contributed by atoms with E-state index in [0.29, 0.717) is 12.8 Å². The van der Waals surface area contributed by atoms with Gasteiger partial charge in [-0.3, -0.25) is 9.59 Å². The molecule has 1 rings (SSSR count). The highest BCUT2D eigenvalue weighted by atomic mass is 16.2. The molecule has 0 aliphatic heterocycles. The van der Waals surface area contributed by atoms with Gasteiger partial charge < -0.3 is 11.5 Å². The second-order valence-corrected chi connectivity index (χ2v) is 3.89. The smallest absolute Gasteiger partial charge is 0.224 e. The summed E-state index contributed by atoms with van der Waals surface area (Å²) in [5.74, 6) is -0.870. The van der Waals surface area contributed by atoms with Crippen molar-refractivity contribution in [2.75, 3.05) is 0 Å². The Balaban J connectivity index is 2.97. The van der Waals surface area contributed by atoms with E-state index < -0.39 is 22.6 Å². The predicted octanol–water partition coefficient (Wildman–Crippen LogP) is -0.237. The molecule has 0 saturated heterocycles. The summed E-state index contributed by atoms with van der Waals surface area (Å²) in [6.45, 7) is 3.40. The van der Waals surface area contributed by atoms with Crippen LogP contribution in [0.5, 0.6) is 0 Å². The van der Waals surface area contributed by atoms with Gasteiger partial charge in [-0.05, 0) is 26.7 Å². The van der Waals surface area contributed by atoms with Crippen LogP contribution in [0.25, 0.3) is 0 Å². The molecule has 12 heavy (non-hydrogen) atoms. The van der Waals surface area contributed by atoms with Crippen LogP contribution in [0.2, 0.25) is 0 Å². The first-order chi connectivity index (χ1) is 5.34. The van der Waals surface area contributed by atoms with Crippen LogP contribution in [0.1, 0.15) is 26.7 Å². The highest BCUT2D eigenvalue weighted by Crippen LogP contribution is 2.55. The molecule has 1 fully saturated rings. The molecule has 0 bridgehead atoms. The largest absolute Gasteiger partial charge is 0.369 e. The molecule has 1 aliphatic carbocycles. The van der Waals surface area contributed by atoms with E-state index in [-0.39, 0.29) is 0 Å². The van der Waals surface area contributed by atoms with Gasteiger partial charge in [0.1, 0.15) is 0 Å². The average molecular weight is 170 g/mol. The van der Waals surface area contributed by atoms with E-state index in [9.17, 15) is 9.59 Å². The number of carbonyl (C=O) groups excluding carboxylic acids is 2. The van der Waals surface area contributed by atoms with Crippen molar-refractivity contribution in [3.05, 3.63) is 0 Å². The molecule has 2 amide bonds. The van der Waals surface area contributed by atoms with E-state index in [1.54, 1.807) is 13.8 Å². The molecular weight excluding hydrogens is 156 g/mol. The normalized spacial score (nSPS) is 40.2. The Morgan fingerprint density at radius 1 is 1.00 bits per heavy atom. The lowest BCUT2D eigenvalue weighted by Gasteiger charge is -2.51. The van der Waals surface area contributed by atoms with Crippen LogP contribution in [0.15, 0.2) is 0 Å². The molecule has 0 spiro atoms. The van der Waals surface area contributed by atoms with E-state index >= 15 is 0 Å². The number of rotatable bonds is 2. The lowest BCUT2D eigenvalue weighted by atomic mass is 9.50. The number of primary amides is 2. The van der Waals surface area contributed by atoms with Crippen LogP contribution in [0.4, 0.5) is 0 Å². The third kappa shape index (κ3) is 0.777. The molecule has 4 nitrogen and oxygen atoms in total. The Bertz CT molecular complexity index is 225. The fraction of sp³-hybridized carbons (Fsp3) is 0.750. The van der Waals surface area contributed by atoms with E-state index in [1.807, 2.05) is 0 Å². The molecule has 4 heteroatoms. The maximum atomic E-state index is 11.0. The monoisotopic (exact) mass is 170 g/mol. The van der Waals surface area contributed by atoms with Crippen LogP contribution in [0, 0.1) is 10.8 Å². The second kappa shape index (κ2) is 2.21. The summed E-state index contributed by atoms with van der Waals surface area (Å²) in [4.78, 5) is 22.1. The van der Waals surface area contributed by atoms with Gasteiger partial charge in [0.15, 0.2) is 0 Å². The molecule has 0 aromatic heterocycles. The zero-order valence-electron chi connectivity index (χ0n) is 7.39. The van der Waals surface area contributed by atoms with Gasteiger partial charge in [-0.1, -0.05) is 0 Å². The summed E-state index contributed by atoms with van der Waals surface area (Å²) in [6.07, 6.45) is 1.31. The predicted molar refractivity (Wildman–Crippen MR) is 43.8 cm³/mol. The minimum Gasteiger partial charge on any atom is -0.369 e. The summed E-state index contributed by atoms with van der Waals surface area (Å²) in [5.41, 5.74) is 8.92. The number of amides is 2. The number of hydrogen-bond donors (Lipinski definition) is 2. The first-order valence-corrected chi connectivity index (χ1v) is 3.94. The summed E-state index contributed by atoms with van der Waals surface area (Å²) < 4.78 is 0. The lowest BCUT2D eigenvalue weighted by Crippen LogP contribution is -2.60. The molecular formula is C8H14N2O2. The van der Waals surface area contributed by atoms with E-state index in [4.69, 9.17) is 11.5 Å². The van der Waals surface area contributed by atoms with Gasteiger partial charge >= 0.3 is 0 Å². The Hall–Kier alpha value is -1.06. The maximum absolute atomic E-state index is 11.0. The fourth-order valence-corrected chi connectivity index (χ4v) is 1.67. The van der Waals surface area contributed by atoms with E-state index in [2.05, 4.69) is 0 Å². The molecule has 68 valence electrons. The highest BCUT2D eigenvalue weighted by molar-refractivity contribution is 5.93. The minimum atomic E-state index is -0.737. The Morgan fingerprint density at radius 2 is 1.25 bits per heavy atom. The van der Waals surface area contributed by atoms with Crippen molar-refractivity contribution in [2.45, 2.75) is 26.7 Å². The van der Waals surface area contributed by atoms with Gasteiger partial charge in [-0.25, -0.2) is 0 Å². The Labute approximate surface area is 71.3 Å². The topological polar surface area (TPSA) is 86.2 Å². The quantitative estimate of drug-likeness (QED) is 0.599. The Kier molecular flexibility index (Phi) is 1.67. The number of carbonyl (C=O) groups is 2. The van der Waals surface area contributed by atoms with Crippen molar-refractivity contribution in [3.8, 4) is 0 Å². The first kappa shape index (κ1) is 9.03. The van der Waals surface area contributed by atoms with Crippen molar-refractivity contribution in [3.63, 3.8) is 0 Å². The van der Waals surface area contributed by atoms with Crippen LogP contribution in [0.3, 0.4) is 0 Å². The van der Waals surface area contributed by atoms with E-state index in [1.165, 1.54) is 0 Å². The molecule has 1 aliphatic rings. The van der Waals surface area contributed by atoms with Crippen molar-refractivity contribution < 1.29 is 9.59 Å². The van der Waals surface area contributed by atoms with Crippen LogP contribution in [-0.2, 0) is 9.59 Å². The van der Waals surface area contributed by atoms with Crippen LogP contribution in [-0.4, -0.2) is 11.8 Å². The molecule has 4 N–H and O–H groups in total. The molecule has 0 heterocycles. The minimum absolute atomic E-state index is 0.435. The molecule has 2 atom stereocenters. The zero-order chi connectivity index (χ0) is 9.57. The van der Waals surface area contributed by atoms with Gasteiger partial charge in [-0.15, -0.1) is 0 Å². The highest BCUT2D eigenvalue weighted by Gasteiger charge is 2.60. The third-order valence-corrected chi connectivity index (χ3v) is 3.43. The van der Waals surface area contributed by atoms with Crippen molar-refractivity contribution in [2.24, 2.45) is 22.3 Å². The van der Waals surface area contributed by atoms with Crippen molar-refractivity contribution in [1.29, 1.82) is 0 Å². The van der Waals surface area contributed by atoms with Gasteiger partial charge in [-0.2, -0.15) is 0 Å². The molecule has 0 aromatic rings. The van der Waals surface area contributed by atoms with Crippen LogP contribution >= 0.6 is 0 Å². The van der Waals surface area contributed by atoms with Crippen molar-refractivity contribution >= 4 is 11.8 Å². The molecule has 1 saturated carbocycles. The summed E-state index contributed by atoms with van der Waals surface area (Å²) in [7, 11) is 0. The van der Waals surface area contributed by atoms with Gasteiger partial charge in [0.25, 0.3) is 0 Å². The molecule has 0 radical (unpaired) electrons. The second-order valence-electron chi connectivity index (χ2n) is 3.89. The lowest BCUT2D eigenvalue weighted by molar-refractivity contribution is -0.160. The van der Waals surface area contributed by atoms with Crippen molar-refractivity contribution in [1.82, 2.24) is 0 Å². The van der Waals surface area contributed by atoms with Crippen LogP contribution < -0.4 is 11.5 Å². The Morgan fingerprint density at radius 3 is 1.33 bits per heavy atom. The third-order valence-electron chi connectivity index (χ3n) is 3.43. The van der Waals surface area contributed by atoms with E-state index in [0.717, 1.165) is 0 Å². The molecule has 0 aromatic carbocycles. The average Bonchev–Trinajstić information content (AvgIpc) is 1.98. The summed E-state index contributed by atoms with van der Waals surface area (Å²) in [6, 6.07) is 0. The first-order valence-electron chi connectivity index (χ1n) is 3.94. The van der Waals surface area contributed by atoms with Gasteiger partial charge in [0.05, 0.1) is 10.8 Å². The number of nitrogens with two attached hydrogens (primary N) is 2. The SMILES string of the molecule is C[C@@]1(C(N)=O)CC[C@@]1(C)C(N)=O. The summed E-state index contributed by atoms with van der Waals surface area (Å²) >= 11 is 0. The van der Waals surface area contributed by atoms with Gasteiger partial charge in [0.2, 0.25) is 11.8 Å². The molecule has 0 unspecified atom stereocenters. The number of hydrogen-bond acceptors (Lipinski definition) is 2. The fourth-order valence-electron chi connectivity index (χ4n) is 1.67. The maximum Gasteiger partial charge on any atom is 0.224 e. The zero-order valence-corrected chi connectivity index (χ0v) is 7.39. The summed E-state index contributed by atoms with van der Waals surface area (Å²) in [5, 5.41) is 0. The standard InChI is InChI=1S/C8H14N2O2/c1-7(5(9)11)3-4-8(7,2)6(10)12/h3-4H2,1-2H3,(H2,9,11)(H2,10,12)/t7-,8-/m0/s1. The van der Waals surface area contributed by atoms with Gasteiger partial charge in [0, 0.05) is 0 Å².